The van der Waals surface area contributed by atoms with Crippen LogP contribution in [0.5, 0.6) is 0 Å². The fourth-order valence-corrected chi connectivity index (χ4v) is 2.26. The number of aromatic nitrogens is 4. The van der Waals surface area contributed by atoms with Gasteiger partial charge in [0.2, 0.25) is 11.1 Å². The highest BCUT2D eigenvalue weighted by atomic mass is 32.2. The monoisotopic (exact) mass is 271 g/mol. The van der Waals surface area contributed by atoms with Crippen LogP contribution in [0.15, 0.2) is 5.16 Å². The van der Waals surface area contributed by atoms with Crippen LogP contribution >= 0.6 is 11.8 Å². The smallest absolute Gasteiger partial charge is 0.230 e. The maximum atomic E-state index is 11.6. The molecule has 0 aromatic carbocycles. The lowest BCUT2D eigenvalue weighted by Crippen LogP contribution is -2.38. The van der Waals surface area contributed by atoms with Gasteiger partial charge in [0.25, 0.3) is 0 Å². The van der Waals surface area contributed by atoms with Crippen molar-refractivity contribution >= 4 is 17.7 Å². The number of carbonyl (C=O) groups excluding carboxylic acids is 1. The number of tetrazole rings is 1. The van der Waals surface area contributed by atoms with Gasteiger partial charge in [0.1, 0.15) is 0 Å². The Balaban J connectivity index is 1.80. The Morgan fingerprint density at radius 1 is 1.67 bits per heavy atom. The fraction of sp³-hybridized carbons (Fsp3) is 0.800. The van der Waals surface area contributed by atoms with Crippen LogP contribution in [0.25, 0.3) is 0 Å². The second-order valence-corrected chi connectivity index (χ2v) is 5.22. The van der Waals surface area contributed by atoms with Gasteiger partial charge < -0.3 is 10.4 Å². The highest BCUT2D eigenvalue weighted by Crippen LogP contribution is 2.36. The molecule has 1 aromatic heterocycles. The molecule has 1 aliphatic rings. The molecule has 2 N–H and O–H groups in total. The van der Waals surface area contributed by atoms with Crippen molar-refractivity contribution in [1.29, 1.82) is 0 Å². The molecule has 2 rings (SSSR count). The molecule has 1 amide bonds. The van der Waals surface area contributed by atoms with E-state index < -0.39 is 0 Å². The van der Waals surface area contributed by atoms with Crippen LogP contribution in [0.3, 0.4) is 0 Å². The number of rotatable bonds is 7. The molecule has 8 heteroatoms. The number of thioether (sulfide) groups is 1. The lowest BCUT2D eigenvalue weighted by Gasteiger charge is -2.13. The SMILES string of the molecule is CC[C@H](CO)NC(=O)CSc1nnnn1C1CC1. The van der Waals surface area contributed by atoms with Crippen molar-refractivity contribution < 1.29 is 9.90 Å². The Morgan fingerprint density at radius 3 is 3.06 bits per heavy atom. The Labute approximate surface area is 109 Å². The van der Waals surface area contributed by atoms with Gasteiger partial charge in [0.05, 0.1) is 24.4 Å². The zero-order chi connectivity index (χ0) is 13.0. The largest absolute Gasteiger partial charge is 0.394 e. The fourth-order valence-electron chi connectivity index (χ4n) is 1.50. The third-order valence-corrected chi connectivity index (χ3v) is 3.70. The van der Waals surface area contributed by atoms with E-state index in [2.05, 4.69) is 20.8 Å². The van der Waals surface area contributed by atoms with Gasteiger partial charge >= 0.3 is 0 Å². The van der Waals surface area contributed by atoms with Gasteiger partial charge in [-0.05, 0) is 29.7 Å². The minimum Gasteiger partial charge on any atom is -0.394 e. The van der Waals surface area contributed by atoms with Crippen molar-refractivity contribution in [3.05, 3.63) is 0 Å². The lowest BCUT2D eigenvalue weighted by molar-refractivity contribution is -0.119. The number of hydrogen-bond acceptors (Lipinski definition) is 6. The molecule has 1 aromatic rings. The third-order valence-electron chi connectivity index (χ3n) is 2.77. The van der Waals surface area contributed by atoms with Crippen LogP contribution in [-0.4, -0.2) is 49.6 Å². The van der Waals surface area contributed by atoms with Gasteiger partial charge in [-0.15, -0.1) is 5.10 Å². The van der Waals surface area contributed by atoms with Crippen molar-refractivity contribution in [3.8, 4) is 0 Å². The van der Waals surface area contributed by atoms with Gasteiger partial charge in [0.15, 0.2) is 0 Å². The number of hydrogen-bond donors (Lipinski definition) is 2. The van der Waals surface area contributed by atoms with Crippen molar-refractivity contribution in [2.45, 2.75) is 43.4 Å². The number of nitrogens with one attached hydrogen (secondary N) is 1. The Hall–Kier alpha value is -1.15. The second-order valence-electron chi connectivity index (χ2n) is 4.28. The summed E-state index contributed by atoms with van der Waals surface area (Å²) in [5.41, 5.74) is 0. The minimum atomic E-state index is -0.169. The van der Waals surface area contributed by atoms with E-state index in [0.717, 1.165) is 12.8 Å². The number of nitrogens with zero attached hydrogens (tertiary/aromatic N) is 4. The molecule has 0 saturated heterocycles. The topological polar surface area (TPSA) is 92.9 Å². The van der Waals surface area contributed by atoms with Crippen LogP contribution in [0.1, 0.15) is 32.2 Å². The van der Waals surface area contributed by atoms with Gasteiger partial charge in [-0.25, -0.2) is 4.68 Å². The molecule has 0 spiro atoms. The standard InChI is InChI=1S/C10H17N5O2S/c1-2-7(5-16)11-9(17)6-18-10-12-13-14-15(10)8-3-4-8/h7-8,16H,2-6H2,1H3,(H,11,17)/t7-/m1/s1. The molecule has 1 saturated carbocycles. The molecule has 7 nitrogen and oxygen atoms in total. The average Bonchev–Trinajstić information content (AvgIpc) is 3.12. The number of aliphatic hydroxyl groups excluding tert-OH is 1. The summed E-state index contributed by atoms with van der Waals surface area (Å²) in [5, 5.41) is 23.9. The lowest BCUT2D eigenvalue weighted by atomic mass is 10.2. The van der Waals surface area contributed by atoms with Crippen LogP contribution in [-0.2, 0) is 4.79 Å². The summed E-state index contributed by atoms with van der Waals surface area (Å²) in [5.74, 6) is 0.162. The van der Waals surface area contributed by atoms with Gasteiger partial charge in [-0.2, -0.15) is 0 Å². The van der Waals surface area contributed by atoms with Crippen molar-refractivity contribution in [2.24, 2.45) is 0 Å². The minimum absolute atomic E-state index is 0.0350. The summed E-state index contributed by atoms with van der Waals surface area (Å²) in [4.78, 5) is 11.6. The molecular formula is C10H17N5O2S. The van der Waals surface area contributed by atoms with Crippen molar-refractivity contribution in [3.63, 3.8) is 0 Å². The van der Waals surface area contributed by atoms with E-state index >= 15 is 0 Å². The van der Waals surface area contributed by atoms with E-state index in [1.165, 1.54) is 11.8 Å². The highest BCUT2D eigenvalue weighted by Gasteiger charge is 2.28. The molecule has 100 valence electrons. The van der Waals surface area contributed by atoms with Crippen molar-refractivity contribution in [1.82, 2.24) is 25.5 Å². The van der Waals surface area contributed by atoms with E-state index in [0.29, 0.717) is 17.6 Å². The zero-order valence-electron chi connectivity index (χ0n) is 10.2. The summed E-state index contributed by atoms with van der Waals surface area (Å²) in [6.07, 6.45) is 2.92. The van der Waals surface area contributed by atoms with Gasteiger partial charge in [0, 0.05) is 0 Å². The maximum Gasteiger partial charge on any atom is 0.230 e. The Morgan fingerprint density at radius 2 is 2.44 bits per heavy atom. The first-order valence-electron chi connectivity index (χ1n) is 6.05. The molecule has 0 aliphatic heterocycles. The van der Waals surface area contributed by atoms with E-state index in [1.807, 2.05) is 6.92 Å². The predicted molar refractivity (Wildman–Crippen MR) is 66.1 cm³/mol. The first-order chi connectivity index (χ1) is 8.74. The normalized spacial score (nSPS) is 16.6. The van der Waals surface area contributed by atoms with E-state index in [1.54, 1.807) is 4.68 Å². The van der Waals surface area contributed by atoms with Crippen LogP contribution < -0.4 is 5.32 Å². The van der Waals surface area contributed by atoms with Gasteiger partial charge in [-0.3, -0.25) is 4.79 Å². The zero-order valence-corrected chi connectivity index (χ0v) is 11.1. The molecule has 0 unspecified atom stereocenters. The van der Waals surface area contributed by atoms with Gasteiger partial charge in [-0.1, -0.05) is 18.7 Å². The molecule has 1 atom stereocenters. The Kier molecular flexibility index (Phi) is 4.54. The second kappa shape index (κ2) is 6.14. The summed E-state index contributed by atoms with van der Waals surface area (Å²) >= 11 is 1.33. The molecule has 1 fully saturated rings. The molecule has 0 bridgehead atoms. The number of aliphatic hydroxyl groups is 1. The summed E-state index contributed by atoms with van der Waals surface area (Å²) < 4.78 is 1.78. The van der Waals surface area contributed by atoms with Crippen LogP contribution in [0.2, 0.25) is 0 Å². The molecule has 1 heterocycles. The highest BCUT2D eigenvalue weighted by molar-refractivity contribution is 7.99. The first kappa shape index (κ1) is 13.3. The van der Waals surface area contributed by atoms with Crippen molar-refractivity contribution in [2.75, 3.05) is 12.4 Å². The molecular weight excluding hydrogens is 254 g/mol. The van der Waals surface area contributed by atoms with Crippen LogP contribution in [0.4, 0.5) is 0 Å². The van der Waals surface area contributed by atoms with E-state index in [-0.39, 0.29) is 24.3 Å². The van der Waals surface area contributed by atoms with E-state index in [9.17, 15) is 4.79 Å². The summed E-state index contributed by atoms with van der Waals surface area (Å²) in [6.45, 7) is 1.88. The average molecular weight is 271 g/mol. The number of carbonyl (C=O) groups is 1. The summed E-state index contributed by atoms with van der Waals surface area (Å²) in [6, 6.07) is 0.240. The molecule has 18 heavy (non-hydrogen) atoms. The number of amides is 1. The maximum absolute atomic E-state index is 11.6. The molecule has 1 aliphatic carbocycles. The molecule has 0 radical (unpaired) electrons. The van der Waals surface area contributed by atoms with Crippen LogP contribution in [0, 0.1) is 0 Å². The van der Waals surface area contributed by atoms with E-state index in [4.69, 9.17) is 5.11 Å². The third kappa shape index (κ3) is 3.42. The quantitative estimate of drug-likeness (QED) is 0.677. The predicted octanol–water partition coefficient (Wildman–Crippen LogP) is -0.0128. The first-order valence-corrected chi connectivity index (χ1v) is 7.04. The summed E-state index contributed by atoms with van der Waals surface area (Å²) in [7, 11) is 0. The Bertz CT molecular complexity index is 403.